The molecule has 4 aromatic rings. The van der Waals surface area contributed by atoms with Crippen LogP contribution in [0.25, 0.3) is 21.9 Å². The highest BCUT2D eigenvalue weighted by atomic mass is 32.2. The molecule has 2 aromatic heterocycles. The van der Waals surface area contributed by atoms with Crippen LogP contribution in [0.5, 0.6) is 0 Å². The maximum absolute atomic E-state index is 11.8. The number of hydrogen-bond acceptors (Lipinski definition) is 4. The first-order chi connectivity index (χ1) is 13.1. The monoisotopic (exact) mass is 376 g/mol. The summed E-state index contributed by atoms with van der Waals surface area (Å²) < 4.78 is 5.97. The quantitative estimate of drug-likeness (QED) is 0.554. The minimum atomic E-state index is -0.354. The molecule has 5 nitrogen and oxygen atoms in total. The van der Waals surface area contributed by atoms with E-state index >= 15 is 0 Å². The standard InChI is InChI=1S/C21H16N2O3S/c24-20-19(27-21(25)23-20)8-12-5-6-18-14(7-12)10-16(26-18)11-15-9-13-3-1-2-4-17(13)22-15/h1-7,9-10,19,22H,8,11H2,(H,23,24,25). The van der Waals surface area contributed by atoms with Crippen molar-refractivity contribution in [1.29, 1.82) is 0 Å². The van der Waals surface area contributed by atoms with Crippen molar-refractivity contribution in [2.75, 3.05) is 0 Å². The Kier molecular flexibility index (Phi) is 3.79. The van der Waals surface area contributed by atoms with Crippen LogP contribution in [0, 0.1) is 0 Å². The van der Waals surface area contributed by atoms with Crippen LogP contribution in [-0.4, -0.2) is 21.4 Å². The number of aromatic amines is 1. The van der Waals surface area contributed by atoms with Gasteiger partial charge in [0.25, 0.3) is 5.24 Å². The van der Waals surface area contributed by atoms with Crippen molar-refractivity contribution in [3.05, 3.63) is 71.6 Å². The van der Waals surface area contributed by atoms with E-state index in [0.717, 1.165) is 45.3 Å². The summed E-state index contributed by atoms with van der Waals surface area (Å²) in [6, 6.07) is 18.3. The number of carbonyl (C=O) groups is 2. The molecule has 0 spiro atoms. The summed E-state index contributed by atoms with van der Waals surface area (Å²) in [6.45, 7) is 0. The second kappa shape index (κ2) is 6.32. The van der Waals surface area contributed by atoms with Crippen LogP contribution < -0.4 is 5.32 Å². The predicted molar refractivity (Wildman–Crippen MR) is 106 cm³/mol. The zero-order chi connectivity index (χ0) is 18.4. The molecule has 1 atom stereocenters. The Morgan fingerprint density at radius 1 is 1.00 bits per heavy atom. The minimum Gasteiger partial charge on any atom is -0.461 e. The van der Waals surface area contributed by atoms with Crippen LogP contribution in [0.3, 0.4) is 0 Å². The third-order valence-electron chi connectivity index (χ3n) is 4.77. The molecule has 6 heteroatoms. The maximum Gasteiger partial charge on any atom is 0.286 e. The van der Waals surface area contributed by atoms with E-state index in [1.807, 2.05) is 36.4 Å². The topological polar surface area (TPSA) is 75.1 Å². The third-order valence-corrected chi connectivity index (χ3v) is 5.75. The molecule has 1 aliphatic heterocycles. The average molecular weight is 376 g/mol. The van der Waals surface area contributed by atoms with Gasteiger partial charge in [0.05, 0.1) is 5.25 Å². The molecule has 2 amide bonds. The van der Waals surface area contributed by atoms with Gasteiger partial charge in [0.15, 0.2) is 0 Å². The number of rotatable bonds is 4. The smallest absolute Gasteiger partial charge is 0.286 e. The second-order valence-electron chi connectivity index (χ2n) is 6.73. The van der Waals surface area contributed by atoms with Gasteiger partial charge in [0, 0.05) is 23.0 Å². The number of nitrogens with one attached hydrogen (secondary N) is 2. The van der Waals surface area contributed by atoms with Gasteiger partial charge < -0.3 is 9.40 Å². The molecule has 0 saturated carbocycles. The third kappa shape index (κ3) is 3.13. The molecule has 0 bridgehead atoms. The summed E-state index contributed by atoms with van der Waals surface area (Å²) in [6.07, 6.45) is 1.22. The molecule has 0 aliphatic carbocycles. The number of aromatic nitrogens is 1. The lowest BCUT2D eigenvalue weighted by atomic mass is 10.1. The number of thioether (sulfide) groups is 1. The van der Waals surface area contributed by atoms with Crippen molar-refractivity contribution in [1.82, 2.24) is 10.3 Å². The van der Waals surface area contributed by atoms with Crippen LogP contribution >= 0.6 is 11.8 Å². The van der Waals surface area contributed by atoms with Crippen molar-refractivity contribution in [3.63, 3.8) is 0 Å². The van der Waals surface area contributed by atoms with E-state index < -0.39 is 0 Å². The van der Waals surface area contributed by atoms with E-state index in [-0.39, 0.29) is 16.4 Å². The lowest BCUT2D eigenvalue weighted by Gasteiger charge is -2.04. The van der Waals surface area contributed by atoms with Crippen molar-refractivity contribution in [2.45, 2.75) is 18.1 Å². The number of H-pyrrole nitrogens is 1. The first-order valence-corrected chi connectivity index (χ1v) is 9.61. The van der Waals surface area contributed by atoms with Crippen LogP contribution in [0.2, 0.25) is 0 Å². The Labute approximate surface area is 159 Å². The fourth-order valence-electron chi connectivity index (χ4n) is 3.52. The number of hydrogen-bond donors (Lipinski definition) is 2. The second-order valence-corrected chi connectivity index (χ2v) is 7.91. The molecule has 3 heterocycles. The summed E-state index contributed by atoms with van der Waals surface area (Å²) in [5, 5.41) is 3.90. The predicted octanol–water partition coefficient (Wildman–Crippen LogP) is 4.40. The molecule has 1 unspecified atom stereocenters. The SMILES string of the molecule is O=C1NC(=O)C(Cc2ccc3oc(Cc4cc5ccccc5[nH]4)cc3c2)S1. The van der Waals surface area contributed by atoms with Crippen molar-refractivity contribution < 1.29 is 14.0 Å². The van der Waals surface area contributed by atoms with E-state index in [1.165, 1.54) is 5.39 Å². The molecular formula is C21H16N2O3S. The molecule has 2 aromatic carbocycles. The van der Waals surface area contributed by atoms with E-state index in [1.54, 1.807) is 0 Å². The van der Waals surface area contributed by atoms with Crippen LogP contribution in [0.4, 0.5) is 4.79 Å². The van der Waals surface area contributed by atoms with Gasteiger partial charge in [0.1, 0.15) is 11.3 Å². The summed E-state index contributed by atoms with van der Waals surface area (Å²) in [5.74, 6) is 0.675. The maximum atomic E-state index is 11.8. The number of carbonyl (C=O) groups excluding carboxylic acids is 2. The number of imide groups is 1. The fraction of sp³-hybridized carbons (Fsp3) is 0.143. The van der Waals surface area contributed by atoms with Crippen molar-refractivity contribution in [3.8, 4) is 0 Å². The van der Waals surface area contributed by atoms with E-state index in [9.17, 15) is 9.59 Å². The van der Waals surface area contributed by atoms with Gasteiger partial charge in [-0.15, -0.1) is 0 Å². The summed E-state index contributed by atoms with van der Waals surface area (Å²) in [5.41, 5.74) is 4.06. The first kappa shape index (κ1) is 16.2. The molecule has 0 radical (unpaired) electrons. The molecule has 2 N–H and O–H groups in total. The summed E-state index contributed by atoms with van der Waals surface area (Å²) in [4.78, 5) is 26.5. The molecule has 134 valence electrons. The number of benzene rings is 2. The number of amides is 2. The van der Waals surface area contributed by atoms with E-state index in [4.69, 9.17) is 4.42 Å². The highest BCUT2D eigenvalue weighted by molar-refractivity contribution is 8.15. The van der Waals surface area contributed by atoms with Crippen molar-refractivity contribution >= 4 is 44.8 Å². The normalized spacial score (nSPS) is 17.1. The lowest BCUT2D eigenvalue weighted by Crippen LogP contribution is -2.25. The highest BCUT2D eigenvalue weighted by Crippen LogP contribution is 2.27. The van der Waals surface area contributed by atoms with Gasteiger partial charge >= 0.3 is 0 Å². The van der Waals surface area contributed by atoms with E-state index in [0.29, 0.717) is 12.8 Å². The van der Waals surface area contributed by atoms with Gasteiger partial charge in [-0.25, -0.2) is 0 Å². The Balaban J connectivity index is 1.38. The summed E-state index contributed by atoms with van der Waals surface area (Å²) >= 11 is 1.06. The molecular weight excluding hydrogens is 360 g/mol. The lowest BCUT2D eigenvalue weighted by molar-refractivity contribution is -0.118. The van der Waals surface area contributed by atoms with Gasteiger partial charge in [-0.05, 0) is 47.7 Å². The Hall–Kier alpha value is -2.99. The van der Waals surface area contributed by atoms with E-state index in [2.05, 4.69) is 28.5 Å². The van der Waals surface area contributed by atoms with Gasteiger partial charge in [-0.3, -0.25) is 14.9 Å². The molecule has 1 saturated heterocycles. The molecule has 1 fully saturated rings. The Morgan fingerprint density at radius 3 is 2.70 bits per heavy atom. The Morgan fingerprint density at radius 2 is 1.89 bits per heavy atom. The minimum absolute atomic E-state index is 0.211. The number of fused-ring (bicyclic) bond motifs is 2. The summed E-state index contributed by atoms with van der Waals surface area (Å²) in [7, 11) is 0. The Bertz CT molecular complexity index is 1160. The van der Waals surface area contributed by atoms with Crippen molar-refractivity contribution in [2.24, 2.45) is 0 Å². The van der Waals surface area contributed by atoms with Gasteiger partial charge in [-0.2, -0.15) is 0 Å². The molecule has 1 aliphatic rings. The molecule has 27 heavy (non-hydrogen) atoms. The van der Waals surface area contributed by atoms with Gasteiger partial charge in [-0.1, -0.05) is 36.0 Å². The average Bonchev–Trinajstić information content (AvgIpc) is 3.31. The van der Waals surface area contributed by atoms with Crippen LogP contribution in [-0.2, 0) is 17.6 Å². The first-order valence-electron chi connectivity index (χ1n) is 8.73. The number of para-hydroxylation sites is 1. The van der Waals surface area contributed by atoms with Gasteiger partial charge in [0.2, 0.25) is 5.91 Å². The zero-order valence-corrected chi connectivity index (χ0v) is 15.1. The van der Waals surface area contributed by atoms with Crippen LogP contribution in [0.15, 0.2) is 59.0 Å². The zero-order valence-electron chi connectivity index (χ0n) is 14.3. The number of furan rings is 1. The highest BCUT2D eigenvalue weighted by Gasteiger charge is 2.31. The van der Waals surface area contributed by atoms with Crippen LogP contribution in [0.1, 0.15) is 17.0 Å². The fourth-order valence-corrected chi connectivity index (χ4v) is 4.38. The largest absolute Gasteiger partial charge is 0.461 e. The molecule has 5 rings (SSSR count).